The van der Waals surface area contributed by atoms with Gasteiger partial charge < -0.3 is 15.1 Å². The van der Waals surface area contributed by atoms with Gasteiger partial charge in [-0.2, -0.15) is 0 Å². The molecule has 2 atom stereocenters. The van der Waals surface area contributed by atoms with Crippen molar-refractivity contribution in [3.05, 3.63) is 0 Å². The van der Waals surface area contributed by atoms with Gasteiger partial charge in [0, 0.05) is 6.54 Å². The largest absolute Gasteiger partial charge is 0.465 e. The zero-order valence-electron chi connectivity index (χ0n) is 6.53. The van der Waals surface area contributed by atoms with Crippen LogP contribution in [0, 0.1) is 0 Å². The summed E-state index contributed by atoms with van der Waals surface area (Å²) in [5, 5.41) is 17.9. The van der Waals surface area contributed by atoms with Gasteiger partial charge in [0.05, 0.1) is 12.1 Å². The number of hydrogen-bond donors (Lipinski definition) is 2. The molecule has 0 aromatic heterocycles. The number of amides is 1. The molecule has 4 nitrogen and oxygen atoms in total. The van der Waals surface area contributed by atoms with E-state index < -0.39 is 12.2 Å². The van der Waals surface area contributed by atoms with Gasteiger partial charge in [-0.15, -0.1) is 0 Å². The highest BCUT2D eigenvalue weighted by molar-refractivity contribution is 5.65. The van der Waals surface area contributed by atoms with E-state index in [2.05, 4.69) is 0 Å². The van der Waals surface area contributed by atoms with Crippen LogP contribution in [-0.4, -0.2) is 39.9 Å². The molecule has 0 radical (unpaired) electrons. The fourth-order valence-electron chi connectivity index (χ4n) is 1.39. The Balaban J connectivity index is 2.58. The third-order valence-electron chi connectivity index (χ3n) is 2.19. The van der Waals surface area contributed by atoms with Crippen molar-refractivity contribution in [1.29, 1.82) is 0 Å². The van der Waals surface area contributed by atoms with Crippen LogP contribution in [0.4, 0.5) is 4.79 Å². The van der Waals surface area contributed by atoms with Crippen molar-refractivity contribution in [2.24, 2.45) is 0 Å². The summed E-state index contributed by atoms with van der Waals surface area (Å²) in [5.74, 6) is 0. The molecule has 64 valence electrons. The lowest BCUT2D eigenvalue weighted by atomic mass is 10.0. The monoisotopic (exact) mass is 159 g/mol. The summed E-state index contributed by atoms with van der Waals surface area (Å²) in [4.78, 5) is 11.8. The lowest BCUT2D eigenvalue weighted by molar-refractivity contribution is 0.0242. The van der Waals surface area contributed by atoms with Crippen LogP contribution < -0.4 is 0 Å². The number of piperidine rings is 1. The summed E-state index contributed by atoms with van der Waals surface area (Å²) >= 11 is 0. The fourth-order valence-corrected chi connectivity index (χ4v) is 1.39. The number of nitrogens with zero attached hydrogens (tertiary/aromatic N) is 1. The summed E-state index contributed by atoms with van der Waals surface area (Å²) < 4.78 is 0. The van der Waals surface area contributed by atoms with E-state index >= 15 is 0 Å². The molecule has 2 N–H and O–H groups in total. The predicted molar refractivity (Wildman–Crippen MR) is 39.4 cm³/mol. The Labute approximate surface area is 65.4 Å². The number of carboxylic acid groups (broad SMARTS) is 1. The van der Waals surface area contributed by atoms with Gasteiger partial charge in [0.25, 0.3) is 0 Å². The molecule has 1 aliphatic rings. The average molecular weight is 159 g/mol. The van der Waals surface area contributed by atoms with E-state index in [4.69, 9.17) is 5.11 Å². The molecule has 0 spiro atoms. The van der Waals surface area contributed by atoms with Crippen LogP contribution in [-0.2, 0) is 0 Å². The van der Waals surface area contributed by atoms with Crippen molar-refractivity contribution in [1.82, 2.24) is 4.90 Å². The molecule has 1 amide bonds. The Morgan fingerprint density at radius 1 is 1.64 bits per heavy atom. The summed E-state index contributed by atoms with van der Waals surface area (Å²) in [6.07, 6.45) is 0.0547. The van der Waals surface area contributed by atoms with Gasteiger partial charge in [-0.05, 0) is 19.8 Å². The fraction of sp³-hybridized carbons (Fsp3) is 0.857. The Hall–Kier alpha value is -0.770. The topological polar surface area (TPSA) is 60.8 Å². The van der Waals surface area contributed by atoms with Crippen molar-refractivity contribution in [3.8, 4) is 0 Å². The Morgan fingerprint density at radius 3 is 2.73 bits per heavy atom. The number of rotatable bonds is 0. The second-order valence-electron chi connectivity index (χ2n) is 2.93. The minimum atomic E-state index is -0.934. The molecule has 1 aliphatic heterocycles. The normalized spacial score (nSPS) is 32.0. The van der Waals surface area contributed by atoms with Crippen LogP contribution in [0.2, 0.25) is 0 Å². The molecule has 11 heavy (non-hydrogen) atoms. The Bertz CT molecular complexity index is 160. The third kappa shape index (κ3) is 1.63. The Morgan fingerprint density at radius 2 is 2.27 bits per heavy atom. The molecule has 0 aliphatic carbocycles. The second kappa shape index (κ2) is 3.09. The quantitative estimate of drug-likeness (QED) is 0.541. The average Bonchev–Trinajstić information content (AvgIpc) is 1.94. The minimum absolute atomic E-state index is 0.249. The number of aliphatic hydroxyl groups excluding tert-OH is 1. The van der Waals surface area contributed by atoms with Gasteiger partial charge in [-0.3, -0.25) is 0 Å². The van der Waals surface area contributed by atoms with E-state index in [1.165, 1.54) is 4.90 Å². The van der Waals surface area contributed by atoms with Crippen LogP contribution in [0.3, 0.4) is 0 Å². The zero-order valence-corrected chi connectivity index (χ0v) is 6.53. The van der Waals surface area contributed by atoms with Gasteiger partial charge >= 0.3 is 6.09 Å². The highest BCUT2D eigenvalue weighted by Crippen LogP contribution is 2.16. The molecule has 1 unspecified atom stereocenters. The number of carbonyl (C=O) groups is 1. The summed E-state index contributed by atoms with van der Waals surface area (Å²) in [6, 6.07) is -0.249. The van der Waals surface area contributed by atoms with Crippen molar-refractivity contribution >= 4 is 6.09 Å². The molecular weight excluding hydrogens is 146 g/mol. The van der Waals surface area contributed by atoms with Gasteiger partial charge in [0.2, 0.25) is 0 Å². The SMILES string of the molecule is C[C@H]1C(O)CCCN1C(=O)O. The van der Waals surface area contributed by atoms with Crippen molar-refractivity contribution in [3.63, 3.8) is 0 Å². The predicted octanol–water partition coefficient (Wildman–Crippen LogP) is 0.510. The highest BCUT2D eigenvalue weighted by atomic mass is 16.4. The molecule has 0 bridgehead atoms. The van der Waals surface area contributed by atoms with E-state index in [1.807, 2.05) is 0 Å². The third-order valence-corrected chi connectivity index (χ3v) is 2.19. The van der Waals surface area contributed by atoms with E-state index in [-0.39, 0.29) is 6.04 Å². The lowest BCUT2D eigenvalue weighted by Crippen LogP contribution is -2.48. The number of likely N-dealkylation sites (tertiary alicyclic amines) is 1. The van der Waals surface area contributed by atoms with Gasteiger partial charge in [-0.25, -0.2) is 4.79 Å². The molecule has 1 saturated heterocycles. The summed E-state index contributed by atoms with van der Waals surface area (Å²) in [6.45, 7) is 2.28. The number of aliphatic hydroxyl groups is 1. The summed E-state index contributed by atoms with van der Waals surface area (Å²) in [5.41, 5.74) is 0. The lowest BCUT2D eigenvalue weighted by Gasteiger charge is -2.34. The van der Waals surface area contributed by atoms with Gasteiger partial charge in [-0.1, -0.05) is 0 Å². The van der Waals surface area contributed by atoms with Gasteiger partial charge in [0.15, 0.2) is 0 Å². The molecule has 0 saturated carbocycles. The molecule has 1 heterocycles. The maximum absolute atomic E-state index is 10.5. The first-order valence-corrected chi connectivity index (χ1v) is 3.80. The molecule has 4 heteroatoms. The van der Waals surface area contributed by atoms with Crippen molar-refractivity contribution in [2.75, 3.05) is 6.54 Å². The first-order chi connectivity index (χ1) is 5.13. The van der Waals surface area contributed by atoms with Crippen LogP contribution >= 0.6 is 0 Å². The molecule has 1 fully saturated rings. The molecule has 0 aromatic carbocycles. The van der Waals surface area contributed by atoms with Crippen LogP contribution in [0.25, 0.3) is 0 Å². The van der Waals surface area contributed by atoms with Gasteiger partial charge in [0.1, 0.15) is 0 Å². The van der Waals surface area contributed by atoms with Crippen LogP contribution in [0.5, 0.6) is 0 Å². The van der Waals surface area contributed by atoms with E-state index in [9.17, 15) is 9.90 Å². The Kier molecular flexibility index (Phi) is 2.34. The maximum Gasteiger partial charge on any atom is 0.407 e. The maximum atomic E-state index is 10.5. The zero-order chi connectivity index (χ0) is 8.43. The highest BCUT2D eigenvalue weighted by Gasteiger charge is 2.29. The van der Waals surface area contributed by atoms with E-state index in [1.54, 1.807) is 6.92 Å². The van der Waals surface area contributed by atoms with E-state index in [0.29, 0.717) is 13.0 Å². The van der Waals surface area contributed by atoms with Crippen LogP contribution in [0.15, 0.2) is 0 Å². The smallest absolute Gasteiger partial charge is 0.407 e. The molecule has 1 rings (SSSR count). The molecular formula is C7H13NO3. The molecule has 0 aromatic rings. The summed E-state index contributed by atoms with van der Waals surface area (Å²) in [7, 11) is 0. The number of hydrogen-bond acceptors (Lipinski definition) is 2. The first kappa shape index (κ1) is 8.33. The van der Waals surface area contributed by atoms with E-state index in [0.717, 1.165) is 6.42 Å². The minimum Gasteiger partial charge on any atom is -0.465 e. The van der Waals surface area contributed by atoms with Crippen molar-refractivity contribution in [2.45, 2.75) is 31.9 Å². The van der Waals surface area contributed by atoms with Crippen LogP contribution in [0.1, 0.15) is 19.8 Å². The van der Waals surface area contributed by atoms with Crippen molar-refractivity contribution < 1.29 is 15.0 Å². The second-order valence-corrected chi connectivity index (χ2v) is 2.93. The first-order valence-electron chi connectivity index (χ1n) is 3.80. The standard InChI is InChI=1S/C7H13NO3/c1-5-6(9)3-2-4-8(5)7(10)11/h5-6,9H,2-4H2,1H3,(H,10,11)/t5-,6?/m0/s1.